The maximum absolute atomic E-state index is 4.47. The lowest BCUT2D eigenvalue weighted by Crippen LogP contribution is -2.27. The van der Waals surface area contributed by atoms with Gasteiger partial charge in [0.15, 0.2) is 0 Å². The number of nitrogens with zero attached hydrogens (tertiary/aromatic N) is 2. The number of nitrogens with one attached hydrogen (secondary N) is 1. The van der Waals surface area contributed by atoms with Gasteiger partial charge in [0.25, 0.3) is 0 Å². The molecule has 0 spiro atoms. The molecule has 1 fully saturated rings. The fourth-order valence-corrected chi connectivity index (χ4v) is 2.31. The van der Waals surface area contributed by atoms with Gasteiger partial charge in [-0.25, -0.2) is 4.98 Å². The SMILES string of the molecule is CCCNc1ncccc1CN(CCC)C1CC1. The number of hydrogen-bond donors (Lipinski definition) is 1. The number of aromatic nitrogens is 1. The quantitative estimate of drug-likeness (QED) is 0.764. The lowest BCUT2D eigenvalue weighted by Gasteiger charge is -2.22. The molecule has 0 saturated heterocycles. The van der Waals surface area contributed by atoms with E-state index in [4.69, 9.17) is 0 Å². The minimum atomic E-state index is 0.823. The first-order valence-electron chi connectivity index (χ1n) is 7.27. The molecule has 1 heterocycles. The van der Waals surface area contributed by atoms with Gasteiger partial charge in [0, 0.05) is 30.9 Å². The molecular weight excluding hydrogens is 222 g/mol. The molecule has 2 rings (SSSR count). The van der Waals surface area contributed by atoms with Gasteiger partial charge in [0.2, 0.25) is 0 Å². The zero-order chi connectivity index (χ0) is 12.8. The zero-order valence-electron chi connectivity index (χ0n) is 11.7. The Hall–Kier alpha value is -1.09. The summed E-state index contributed by atoms with van der Waals surface area (Å²) in [5, 5.41) is 3.43. The molecule has 1 N–H and O–H groups in total. The first-order chi connectivity index (χ1) is 8.85. The predicted octanol–water partition coefficient (Wildman–Crippen LogP) is 3.28. The van der Waals surface area contributed by atoms with E-state index in [2.05, 4.69) is 35.1 Å². The van der Waals surface area contributed by atoms with Crippen molar-refractivity contribution in [1.29, 1.82) is 0 Å². The predicted molar refractivity (Wildman–Crippen MR) is 76.7 cm³/mol. The standard InChI is InChI=1S/C15H25N3/c1-3-9-16-15-13(6-5-10-17-15)12-18(11-4-2)14-7-8-14/h5-6,10,14H,3-4,7-9,11-12H2,1-2H3,(H,16,17). The van der Waals surface area contributed by atoms with Gasteiger partial charge in [-0.15, -0.1) is 0 Å². The Labute approximate surface area is 111 Å². The van der Waals surface area contributed by atoms with Crippen LogP contribution in [0.5, 0.6) is 0 Å². The average Bonchev–Trinajstić information content (AvgIpc) is 3.21. The summed E-state index contributed by atoms with van der Waals surface area (Å²) in [6.45, 7) is 7.68. The Morgan fingerprint density at radius 1 is 1.33 bits per heavy atom. The Kier molecular flexibility index (Phi) is 5.00. The molecule has 0 aliphatic heterocycles. The molecule has 18 heavy (non-hydrogen) atoms. The van der Waals surface area contributed by atoms with Crippen LogP contribution in [0.15, 0.2) is 18.3 Å². The summed E-state index contributed by atoms with van der Waals surface area (Å²) in [6, 6.07) is 5.07. The van der Waals surface area contributed by atoms with Gasteiger partial charge in [-0.2, -0.15) is 0 Å². The van der Waals surface area contributed by atoms with Crippen LogP contribution in [-0.2, 0) is 6.54 Å². The highest BCUT2D eigenvalue weighted by molar-refractivity contribution is 5.43. The monoisotopic (exact) mass is 247 g/mol. The number of pyridine rings is 1. The largest absolute Gasteiger partial charge is 0.370 e. The molecule has 1 aliphatic carbocycles. The topological polar surface area (TPSA) is 28.2 Å². The second kappa shape index (κ2) is 6.74. The van der Waals surface area contributed by atoms with Crippen LogP contribution in [0, 0.1) is 0 Å². The van der Waals surface area contributed by atoms with E-state index >= 15 is 0 Å². The maximum atomic E-state index is 4.47. The van der Waals surface area contributed by atoms with Crippen LogP contribution in [-0.4, -0.2) is 29.0 Å². The Balaban J connectivity index is 2.01. The van der Waals surface area contributed by atoms with E-state index in [1.807, 2.05) is 12.3 Å². The van der Waals surface area contributed by atoms with E-state index in [1.165, 1.54) is 31.4 Å². The van der Waals surface area contributed by atoms with Crippen LogP contribution in [0.25, 0.3) is 0 Å². The third-order valence-corrected chi connectivity index (χ3v) is 3.38. The summed E-state index contributed by atoms with van der Waals surface area (Å²) in [5.74, 6) is 1.07. The van der Waals surface area contributed by atoms with Gasteiger partial charge in [0.1, 0.15) is 5.82 Å². The molecule has 0 amide bonds. The summed E-state index contributed by atoms with van der Waals surface area (Å²) in [5.41, 5.74) is 1.34. The van der Waals surface area contributed by atoms with Crippen LogP contribution in [0.4, 0.5) is 5.82 Å². The molecule has 3 nitrogen and oxygen atoms in total. The number of anilines is 1. The van der Waals surface area contributed by atoms with Crippen molar-refractivity contribution in [2.45, 2.75) is 52.1 Å². The summed E-state index contributed by atoms with van der Waals surface area (Å²) < 4.78 is 0. The number of hydrogen-bond acceptors (Lipinski definition) is 3. The van der Waals surface area contributed by atoms with Gasteiger partial charge in [-0.1, -0.05) is 19.9 Å². The van der Waals surface area contributed by atoms with Crippen LogP contribution in [0.3, 0.4) is 0 Å². The van der Waals surface area contributed by atoms with Crippen molar-refractivity contribution in [3.05, 3.63) is 23.9 Å². The summed E-state index contributed by atoms with van der Waals surface area (Å²) in [7, 11) is 0. The fraction of sp³-hybridized carbons (Fsp3) is 0.667. The van der Waals surface area contributed by atoms with Crippen molar-refractivity contribution in [3.8, 4) is 0 Å². The minimum Gasteiger partial charge on any atom is -0.370 e. The highest BCUT2D eigenvalue weighted by Gasteiger charge is 2.28. The van der Waals surface area contributed by atoms with E-state index in [9.17, 15) is 0 Å². The zero-order valence-corrected chi connectivity index (χ0v) is 11.7. The smallest absolute Gasteiger partial charge is 0.130 e. The van der Waals surface area contributed by atoms with E-state index < -0.39 is 0 Å². The highest BCUT2D eigenvalue weighted by Crippen LogP contribution is 2.29. The molecule has 100 valence electrons. The van der Waals surface area contributed by atoms with Crippen molar-refractivity contribution in [3.63, 3.8) is 0 Å². The Morgan fingerprint density at radius 2 is 2.17 bits per heavy atom. The summed E-state index contributed by atoms with van der Waals surface area (Å²) in [4.78, 5) is 7.08. The Morgan fingerprint density at radius 3 is 2.83 bits per heavy atom. The molecule has 3 heteroatoms. The third-order valence-electron chi connectivity index (χ3n) is 3.38. The summed E-state index contributed by atoms with van der Waals surface area (Å²) >= 11 is 0. The molecule has 0 aromatic carbocycles. The second-order valence-electron chi connectivity index (χ2n) is 5.14. The Bertz CT molecular complexity index is 361. The first-order valence-corrected chi connectivity index (χ1v) is 7.27. The molecule has 1 aliphatic rings. The average molecular weight is 247 g/mol. The van der Waals surface area contributed by atoms with Crippen LogP contribution in [0.1, 0.15) is 45.1 Å². The molecule has 1 saturated carbocycles. The molecule has 0 radical (unpaired) electrons. The van der Waals surface area contributed by atoms with Crippen molar-refractivity contribution in [1.82, 2.24) is 9.88 Å². The van der Waals surface area contributed by atoms with Gasteiger partial charge < -0.3 is 5.32 Å². The second-order valence-corrected chi connectivity index (χ2v) is 5.14. The van der Waals surface area contributed by atoms with E-state index in [0.29, 0.717) is 0 Å². The van der Waals surface area contributed by atoms with E-state index in [0.717, 1.165) is 31.4 Å². The molecule has 1 aromatic heterocycles. The normalized spacial score (nSPS) is 15.1. The minimum absolute atomic E-state index is 0.823. The number of rotatable bonds is 8. The summed E-state index contributed by atoms with van der Waals surface area (Å²) in [6.07, 6.45) is 6.99. The van der Waals surface area contributed by atoms with Gasteiger partial charge >= 0.3 is 0 Å². The van der Waals surface area contributed by atoms with Gasteiger partial charge in [-0.05, 0) is 38.3 Å². The highest BCUT2D eigenvalue weighted by atomic mass is 15.2. The third kappa shape index (κ3) is 3.70. The van der Waals surface area contributed by atoms with Crippen LogP contribution in [0.2, 0.25) is 0 Å². The fourth-order valence-electron chi connectivity index (χ4n) is 2.31. The lowest BCUT2D eigenvalue weighted by molar-refractivity contribution is 0.255. The molecule has 1 aromatic rings. The van der Waals surface area contributed by atoms with Crippen LogP contribution >= 0.6 is 0 Å². The maximum Gasteiger partial charge on any atom is 0.130 e. The lowest BCUT2D eigenvalue weighted by atomic mass is 10.2. The van der Waals surface area contributed by atoms with Crippen molar-refractivity contribution < 1.29 is 0 Å². The van der Waals surface area contributed by atoms with Gasteiger partial charge in [-0.3, -0.25) is 4.90 Å². The first kappa shape index (κ1) is 13.3. The van der Waals surface area contributed by atoms with E-state index in [1.54, 1.807) is 0 Å². The van der Waals surface area contributed by atoms with Crippen molar-refractivity contribution >= 4 is 5.82 Å². The van der Waals surface area contributed by atoms with Crippen molar-refractivity contribution in [2.24, 2.45) is 0 Å². The molecule has 0 atom stereocenters. The molecule has 0 unspecified atom stereocenters. The van der Waals surface area contributed by atoms with Crippen molar-refractivity contribution in [2.75, 3.05) is 18.4 Å². The van der Waals surface area contributed by atoms with Gasteiger partial charge in [0.05, 0.1) is 0 Å². The van der Waals surface area contributed by atoms with Crippen LogP contribution < -0.4 is 5.32 Å². The van der Waals surface area contributed by atoms with E-state index in [-0.39, 0.29) is 0 Å². The molecule has 0 bridgehead atoms. The molecular formula is C15H25N3.